The van der Waals surface area contributed by atoms with Crippen LogP contribution in [-0.4, -0.2) is 16.5 Å². The van der Waals surface area contributed by atoms with Crippen LogP contribution in [0.1, 0.15) is 36.1 Å². The fraction of sp³-hybridized carbons (Fsp3) is 0.333. The van der Waals surface area contributed by atoms with Crippen LogP contribution in [0.4, 0.5) is 5.82 Å². The van der Waals surface area contributed by atoms with E-state index in [1.54, 1.807) is 12.4 Å². The molecule has 0 spiro atoms. The predicted octanol–water partition coefficient (Wildman–Crippen LogP) is 3.22. The number of hydrogen-bond acceptors (Lipinski definition) is 4. The normalized spacial score (nSPS) is 12.3. The summed E-state index contributed by atoms with van der Waals surface area (Å²) in [6, 6.07) is 4.14. The van der Waals surface area contributed by atoms with Crippen LogP contribution >= 0.6 is 15.9 Å². The lowest BCUT2D eigenvalue weighted by Gasteiger charge is -2.21. The highest BCUT2D eigenvalue weighted by molar-refractivity contribution is 9.10. The number of aryl methyl sites for hydroxylation is 1. The van der Waals surface area contributed by atoms with Crippen molar-refractivity contribution in [2.75, 3.05) is 12.3 Å². The first-order valence-corrected chi connectivity index (χ1v) is 7.47. The lowest BCUT2D eigenvalue weighted by atomic mass is 9.99. The summed E-state index contributed by atoms with van der Waals surface area (Å²) in [5.74, 6) is 0.559. The van der Waals surface area contributed by atoms with Crippen molar-refractivity contribution in [1.82, 2.24) is 15.3 Å². The van der Waals surface area contributed by atoms with Gasteiger partial charge in [0.2, 0.25) is 0 Å². The van der Waals surface area contributed by atoms with Crippen molar-refractivity contribution in [3.63, 3.8) is 0 Å². The van der Waals surface area contributed by atoms with Gasteiger partial charge in [0.15, 0.2) is 0 Å². The molecule has 2 rings (SSSR count). The lowest BCUT2D eigenvalue weighted by Crippen LogP contribution is -2.24. The third kappa shape index (κ3) is 3.55. The second kappa shape index (κ2) is 6.81. The summed E-state index contributed by atoms with van der Waals surface area (Å²) in [5, 5.41) is 3.52. The van der Waals surface area contributed by atoms with Crippen molar-refractivity contribution in [1.29, 1.82) is 0 Å². The van der Waals surface area contributed by atoms with Crippen LogP contribution in [0.3, 0.4) is 0 Å². The van der Waals surface area contributed by atoms with E-state index in [2.05, 4.69) is 50.3 Å². The average Bonchev–Trinajstić information content (AvgIpc) is 2.43. The van der Waals surface area contributed by atoms with Crippen molar-refractivity contribution in [2.24, 2.45) is 0 Å². The Balaban J connectivity index is 2.44. The fourth-order valence-corrected chi connectivity index (χ4v) is 2.50. The van der Waals surface area contributed by atoms with E-state index >= 15 is 0 Å². The molecule has 2 heterocycles. The van der Waals surface area contributed by atoms with E-state index in [1.165, 1.54) is 0 Å². The first kappa shape index (κ1) is 14.9. The summed E-state index contributed by atoms with van der Waals surface area (Å²) >= 11 is 3.47. The number of anilines is 1. The summed E-state index contributed by atoms with van der Waals surface area (Å²) in [7, 11) is 0. The van der Waals surface area contributed by atoms with E-state index in [0.29, 0.717) is 5.82 Å². The number of nitrogens with two attached hydrogens (primary N) is 1. The highest BCUT2D eigenvalue weighted by Gasteiger charge is 2.17. The Hall–Kier alpha value is -1.46. The first-order chi connectivity index (χ1) is 9.61. The highest BCUT2D eigenvalue weighted by atomic mass is 79.9. The van der Waals surface area contributed by atoms with Crippen molar-refractivity contribution < 1.29 is 0 Å². The van der Waals surface area contributed by atoms with Gasteiger partial charge >= 0.3 is 0 Å². The number of aromatic nitrogens is 2. The van der Waals surface area contributed by atoms with E-state index in [-0.39, 0.29) is 6.04 Å². The predicted molar refractivity (Wildman–Crippen MR) is 85.5 cm³/mol. The zero-order valence-electron chi connectivity index (χ0n) is 11.7. The number of rotatable bonds is 5. The largest absolute Gasteiger partial charge is 0.383 e. The van der Waals surface area contributed by atoms with Gasteiger partial charge in [-0.2, -0.15) is 0 Å². The second-order valence-electron chi connectivity index (χ2n) is 4.81. The Morgan fingerprint density at radius 3 is 2.80 bits per heavy atom. The van der Waals surface area contributed by atoms with Crippen LogP contribution in [-0.2, 0) is 0 Å². The van der Waals surface area contributed by atoms with Gasteiger partial charge in [-0.3, -0.25) is 4.98 Å². The lowest BCUT2D eigenvalue weighted by molar-refractivity contribution is 0.596. The smallest absolute Gasteiger partial charge is 0.128 e. The molecule has 3 N–H and O–H groups in total. The minimum absolute atomic E-state index is 0.00681. The molecule has 0 saturated carbocycles. The number of pyridine rings is 2. The molecule has 0 aliphatic heterocycles. The van der Waals surface area contributed by atoms with Crippen LogP contribution < -0.4 is 11.1 Å². The molecule has 1 atom stereocenters. The van der Waals surface area contributed by atoms with Crippen molar-refractivity contribution in [3.05, 3.63) is 51.9 Å². The van der Waals surface area contributed by atoms with Gasteiger partial charge < -0.3 is 11.1 Å². The summed E-state index contributed by atoms with van der Waals surface area (Å²) in [6.07, 6.45) is 6.48. The molecule has 0 aromatic carbocycles. The molecule has 0 aliphatic rings. The third-order valence-electron chi connectivity index (χ3n) is 3.06. The molecule has 0 bridgehead atoms. The van der Waals surface area contributed by atoms with Crippen LogP contribution in [0.25, 0.3) is 0 Å². The summed E-state index contributed by atoms with van der Waals surface area (Å²) in [6.45, 7) is 5.07. The second-order valence-corrected chi connectivity index (χ2v) is 5.73. The van der Waals surface area contributed by atoms with Gasteiger partial charge in [-0.05, 0) is 59.1 Å². The zero-order valence-corrected chi connectivity index (χ0v) is 13.3. The third-order valence-corrected chi connectivity index (χ3v) is 3.49. The number of nitrogens with zero attached hydrogens (tertiary/aromatic N) is 2. The average molecular weight is 335 g/mol. The number of hydrogen-bond donors (Lipinski definition) is 2. The van der Waals surface area contributed by atoms with Crippen LogP contribution in [0, 0.1) is 6.92 Å². The molecule has 4 nitrogen and oxygen atoms in total. The van der Waals surface area contributed by atoms with Gasteiger partial charge in [0.25, 0.3) is 0 Å². The highest BCUT2D eigenvalue weighted by Crippen LogP contribution is 2.27. The topological polar surface area (TPSA) is 63.8 Å². The summed E-state index contributed by atoms with van der Waals surface area (Å²) in [4.78, 5) is 8.50. The molecule has 0 amide bonds. The molecule has 0 saturated heterocycles. The quantitative estimate of drug-likeness (QED) is 0.881. The van der Waals surface area contributed by atoms with E-state index in [4.69, 9.17) is 5.73 Å². The standard InChI is InChI=1S/C15H19BrN4/c1-3-4-19-14(11-6-12(16)9-18-8-11)13-5-10(2)7-20-15(13)17/h5-9,14,19H,3-4H2,1-2H3,(H2,17,20). The maximum absolute atomic E-state index is 6.05. The number of halogens is 1. The first-order valence-electron chi connectivity index (χ1n) is 6.67. The van der Waals surface area contributed by atoms with Crippen molar-refractivity contribution in [3.8, 4) is 0 Å². The van der Waals surface area contributed by atoms with Gasteiger partial charge in [0, 0.05) is 28.6 Å². The molecule has 2 aromatic rings. The molecule has 106 valence electrons. The Morgan fingerprint density at radius 1 is 1.30 bits per heavy atom. The monoisotopic (exact) mass is 334 g/mol. The maximum atomic E-state index is 6.05. The van der Waals surface area contributed by atoms with Crippen molar-refractivity contribution in [2.45, 2.75) is 26.3 Å². The Bertz CT molecular complexity index is 586. The molecule has 0 radical (unpaired) electrons. The molecular weight excluding hydrogens is 316 g/mol. The van der Waals surface area contributed by atoms with E-state index in [1.807, 2.05) is 13.1 Å². The maximum Gasteiger partial charge on any atom is 0.128 e. The summed E-state index contributed by atoms with van der Waals surface area (Å²) in [5.41, 5.74) is 9.23. The van der Waals surface area contributed by atoms with Gasteiger partial charge in [-0.15, -0.1) is 0 Å². The van der Waals surface area contributed by atoms with Gasteiger partial charge in [0.1, 0.15) is 5.82 Å². The molecule has 1 unspecified atom stereocenters. The number of nitrogens with one attached hydrogen (secondary N) is 1. The van der Waals surface area contributed by atoms with Gasteiger partial charge in [-0.1, -0.05) is 6.92 Å². The summed E-state index contributed by atoms with van der Waals surface area (Å²) < 4.78 is 0.956. The SMILES string of the molecule is CCCNC(c1cncc(Br)c1)c1cc(C)cnc1N. The van der Waals surface area contributed by atoms with Crippen LogP contribution in [0.15, 0.2) is 35.2 Å². The zero-order chi connectivity index (χ0) is 14.5. The number of nitrogen functional groups attached to an aromatic ring is 1. The van der Waals surface area contributed by atoms with Gasteiger partial charge in [-0.25, -0.2) is 4.98 Å². The molecule has 2 aromatic heterocycles. The Labute approximate surface area is 128 Å². The molecule has 0 aliphatic carbocycles. The molecule has 0 fully saturated rings. The van der Waals surface area contributed by atoms with E-state index in [0.717, 1.165) is 34.1 Å². The van der Waals surface area contributed by atoms with Crippen LogP contribution in [0.5, 0.6) is 0 Å². The van der Waals surface area contributed by atoms with E-state index < -0.39 is 0 Å². The minimum Gasteiger partial charge on any atom is -0.383 e. The minimum atomic E-state index is 0.00681. The fourth-order valence-electron chi connectivity index (χ4n) is 2.12. The molecule has 5 heteroatoms. The molecular formula is C15H19BrN4. The van der Waals surface area contributed by atoms with E-state index in [9.17, 15) is 0 Å². The van der Waals surface area contributed by atoms with Gasteiger partial charge in [0.05, 0.1) is 6.04 Å². The van der Waals surface area contributed by atoms with Crippen molar-refractivity contribution >= 4 is 21.7 Å². The van der Waals surface area contributed by atoms with Crippen LogP contribution in [0.2, 0.25) is 0 Å². The Kier molecular flexibility index (Phi) is 5.09. The Morgan fingerprint density at radius 2 is 2.10 bits per heavy atom. The molecule has 20 heavy (non-hydrogen) atoms.